The molecule has 1 fully saturated rings. The third-order valence-electron chi connectivity index (χ3n) is 5.46. The number of ether oxygens (including phenoxy) is 2. The molecule has 2 heterocycles. The molecule has 1 saturated heterocycles. The van der Waals surface area contributed by atoms with Crippen LogP contribution in [0.1, 0.15) is 23.2 Å². The second-order valence-corrected chi connectivity index (χ2v) is 7.51. The van der Waals surface area contributed by atoms with Crippen molar-refractivity contribution in [1.29, 1.82) is 0 Å². The molecule has 2 aromatic rings. The van der Waals surface area contributed by atoms with Gasteiger partial charge in [-0.05, 0) is 31.0 Å². The number of hydrogen-bond donors (Lipinski definition) is 1. The fourth-order valence-electron chi connectivity index (χ4n) is 3.97. The Hall–Kier alpha value is -2.09. The largest absolute Gasteiger partial charge is 0.497 e. The molecule has 1 aliphatic rings. The zero-order valence-electron chi connectivity index (χ0n) is 17.4. The van der Waals surface area contributed by atoms with Gasteiger partial charge in [0.15, 0.2) is 0 Å². The van der Waals surface area contributed by atoms with Crippen molar-refractivity contribution in [3.8, 4) is 11.5 Å². The molecular formula is C21H32N4O3. The molecule has 0 bridgehead atoms. The topological polar surface area (TPSA) is 63.0 Å². The van der Waals surface area contributed by atoms with Gasteiger partial charge < -0.3 is 14.6 Å². The number of rotatable bonds is 8. The molecule has 0 amide bonds. The summed E-state index contributed by atoms with van der Waals surface area (Å²) >= 11 is 0. The molecule has 0 saturated carbocycles. The lowest BCUT2D eigenvalue weighted by Crippen LogP contribution is -2.52. The molecule has 7 heteroatoms. The van der Waals surface area contributed by atoms with E-state index < -0.39 is 0 Å². The number of aliphatic hydroxyl groups excluding tert-OH is 1. The molecule has 154 valence electrons. The molecule has 1 aromatic carbocycles. The zero-order valence-corrected chi connectivity index (χ0v) is 17.4. The van der Waals surface area contributed by atoms with E-state index >= 15 is 0 Å². The van der Waals surface area contributed by atoms with Gasteiger partial charge in [-0.3, -0.25) is 14.5 Å². The monoisotopic (exact) mass is 388 g/mol. The number of benzene rings is 1. The first-order valence-corrected chi connectivity index (χ1v) is 9.80. The number of piperazine rings is 1. The summed E-state index contributed by atoms with van der Waals surface area (Å²) in [6, 6.07) is 6.32. The molecule has 1 aromatic heterocycles. The molecular weight excluding hydrogens is 356 g/mol. The third kappa shape index (κ3) is 5.04. The molecule has 3 rings (SSSR count). The van der Waals surface area contributed by atoms with Crippen LogP contribution in [-0.2, 0) is 20.1 Å². The maximum atomic E-state index is 9.59. The maximum absolute atomic E-state index is 9.59. The average molecular weight is 389 g/mol. The summed E-state index contributed by atoms with van der Waals surface area (Å²) < 4.78 is 12.7. The van der Waals surface area contributed by atoms with E-state index in [1.165, 1.54) is 5.56 Å². The van der Waals surface area contributed by atoms with Gasteiger partial charge in [-0.2, -0.15) is 5.10 Å². The number of hydrogen-bond acceptors (Lipinski definition) is 6. The van der Waals surface area contributed by atoms with Gasteiger partial charge in [0.1, 0.15) is 11.5 Å². The normalized spacial score (nSPS) is 18.4. The summed E-state index contributed by atoms with van der Waals surface area (Å²) in [5.74, 6) is 1.61. The Morgan fingerprint density at radius 1 is 1.11 bits per heavy atom. The molecule has 1 aliphatic heterocycles. The van der Waals surface area contributed by atoms with E-state index in [9.17, 15) is 5.11 Å². The van der Waals surface area contributed by atoms with Crippen molar-refractivity contribution in [3.05, 3.63) is 41.2 Å². The van der Waals surface area contributed by atoms with Crippen LogP contribution in [-0.4, -0.2) is 71.2 Å². The van der Waals surface area contributed by atoms with Gasteiger partial charge in [-0.1, -0.05) is 0 Å². The van der Waals surface area contributed by atoms with Crippen LogP contribution in [0.15, 0.2) is 24.4 Å². The minimum atomic E-state index is 0.197. The Kier molecular flexibility index (Phi) is 6.93. The van der Waals surface area contributed by atoms with Gasteiger partial charge in [0, 0.05) is 70.2 Å². The van der Waals surface area contributed by atoms with Crippen molar-refractivity contribution >= 4 is 0 Å². The van der Waals surface area contributed by atoms with Gasteiger partial charge in [0.2, 0.25) is 0 Å². The summed E-state index contributed by atoms with van der Waals surface area (Å²) in [6.45, 7) is 6.88. The molecule has 1 N–H and O–H groups in total. The fourth-order valence-corrected chi connectivity index (χ4v) is 3.97. The number of methoxy groups -OCH3 is 2. The molecule has 1 unspecified atom stereocenters. The van der Waals surface area contributed by atoms with Crippen molar-refractivity contribution < 1.29 is 14.6 Å². The Morgan fingerprint density at radius 2 is 1.82 bits per heavy atom. The molecule has 0 spiro atoms. The van der Waals surface area contributed by atoms with Gasteiger partial charge in [0.25, 0.3) is 0 Å². The van der Waals surface area contributed by atoms with Crippen LogP contribution in [0.25, 0.3) is 0 Å². The van der Waals surface area contributed by atoms with Crippen LogP contribution in [0, 0.1) is 6.92 Å². The molecule has 28 heavy (non-hydrogen) atoms. The number of aryl methyl sites for hydroxylation is 2. The summed E-state index contributed by atoms with van der Waals surface area (Å²) in [7, 11) is 5.31. The second kappa shape index (κ2) is 9.41. The average Bonchev–Trinajstić information content (AvgIpc) is 3.00. The highest BCUT2D eigenvalue weighted by atomic mass is 16.5. The molecule has 0 radical (unpaired) electrons. The number of nitrogens with zero attached hydrogens (tertiary/aromatic N) is 4. The van der Waals surface area contributed by atoms with Crippen LogP contribution in [0.3, 0.4) is 0 Å². The van der Waals surface area contributed by atoms with Crippen molar-refractivity contribution in [1.82, 2.24) is 19.6 Å². The van der Waals surface area contributed by atoms with Crippen molar-refractivity contribution in [3.63, 3.8) is 0 Å². The lowest BCUT2D eigenvalue weighted by molar-refractivity contribution is 0.0498. The summed E-state index contributed by atoms with van der Waals surface area (Å²) in [5, 5.41) is 14.0. The third-order valence-corrected chi connectivity index (χ3v) is 5.46. The number of aliphatic hydroxyl groups is 1. The van der Waals surface area contributed by atoms with Crippen molar-refractivity contribution in [2.75, 3.05) is 40.5 Å². The quantitative estimate of drug-likeness (QED) is 0.744. The fraction of sp³-hybridized carbons (Fsp3) is 0.571. The van der Waals surface area contributed by atoms with Gasteiger partial charge >= 0.3 is 0 Å². The first kappa shape index (κ1) is 20.6. The standard InChI is InChI=1S/C21H32N4O3/c1-16-18(13-23(2)22-16)14-24-6-7-25(19(15-24)5-8-26)12-17-9-20(27-3)11-21(10-17)28-4/h9-11,13,19,26H,5-8,12,14-15H2,1-4H3. The SMILES string of the molecule is COc1cc(CN2CCN(Cc3cn(C)nc3C)CC2CCO)cc(OC)c1. The Balaban J connectivity index is 1.68. The highest BCUT2D eigenvalue weighted by Gasteiger charge is 2.27. The Morgan fingerprint density at radius 3 is 2.39 bits per heavy atom. The predicted molar refractivity (Wildman–Crippen MR) is 109 cm³/mol. The van der Waals surface area contributed by atoms with Crippen LogP contribution in [0.2, 0.25) is 0 Å². The van der Waals surface area contributed by atoms with E-state index in [-0.39, 0.29) is 6.61 Å². The highest BCUT2D eigenvalue weighted by molar-refractivity contribution is 5.38. The van der Waals surface area contributed by atoms with E-state index in [1.54, 1.807) is 14.2 Å². The van der Waals surface area contributed by atoms with Crippen LogP contribution < -0.4 is 9.47 Å². The first-order valence-electron chi connectivity index (χ1n) is 9.80. The Labute approximate surface area is 167 Å². The summed E-state index contributed by atoms with van der Waals surface area (Å²) in [4.78, 5) is 4.92. The smallest absolute Gasteiger partial charge is 0.122 e. The van der Waals surface area contributed by atoms with E-state index in [4.69, 9.17) is 9.47 Å². The van der Waals surface area contributed by atoms with E-state index in [2.05, 4.69) is 40.2 Å². The lowest BCUT2D eigenvalue weighted by Gasteiger charge is -2.41. The summed E-state index contributed by atoms with van der Waals surface area (Å²) in [6.07, 6.45) is 2.87. The minimum Gasteiger partial charge on any atom is -0.497 e. The minimum absolute atomic E-state index is 0.197. The van der Waals surface area contributed by atoms with Crippen LogP contribution in [0.4, 0.5) is 0 Å². The van der Waals surface area contributed by atoms with Crippen LogP contribution >= 0.6 is 0 Å². The van der Waals surface area contributed by atoms with E-state index in [1.807, 2.05) is 17.8 Å². The lowest BCUT2D eigenvalue weighted by atomic mass is 10.1. The van der Waals surface area contributed by atoms with Gasteiger partial charge in [0.05, 0.1) is 19.9 Å². The van der Waals surface area contributed by atoms with Gasteiger partial charge in [-0.15, -0.1) is 0 Å². The summed E-state index contributed by atoms with van der Waals surface area (Å²) in [5.41, 5.74) is 3.53. The second-order valence-electron chi connectivity index (χ2n) is 7.51. The van der Waals surface area contributed by atoms with Gasteiger partial charge in [-0.25, -0.2) is 0 Å². The van der Waals surface area contributed by atoms with Crippen molar-refractivity contribution in [2.45, 2.75) is 32.5 Å². The van der Waals surface area contributed by atoms with E-state index in [0.717, 1.165) is 61.9 Å². The Bertz CT molecular complexity index is 755. The molecule has 7 nitrogen and oxygen atoms in total. The zero-order chi connectivity index (χ0) is 20.1. The maximum Gasteiger partial charge on any atom is 0.122 e. The molecule has 0 aliphatic carbocycles. The highest BCUT2D eigenvalue weighted by Crippen LogP contribution is 2.25. The molecule has 1 atom stereocenters. The van der Waals surface area contributed by atoms with E-state index in [0.29, 0.717) is 6.04 Å². The number of aromatic nitrogens is 2. The van der Waals surface area contributed by atoms with Crippen LogP contribution in [0.5, 0.6) is 11.5 Å². The van der Waals surface area contributed by atoms with Crippen molar-refractivity contribution in [2.24, 2.45) is 7.05 Å². The first-order chi connectivity index (χ1) is 13.5. The predicted octanol–water partition coefficient (Wildman–Crippen LogP) is 1.81.